The van der Waals surface area contributed by atoms with Gasteiger partial charge < -0.3 is 10.5 Å². The summed E-state index contributed by atoms with van der Waals surface area (Å²) in [5.41, 5.74) is 7.64. The van der Waals surface area contributed by atoms with Gasteiger partial charge in [0.15, 0.2) is 0 Å². The lowest BCUT2D eigenvalue weighted by Gasteiger charge is -2.10. The van der Waals surface area contributed by atoms with Crippen LogP contribution in [-0.2, 0) is 13.2 Å². The molecule has 0 aliphatic heterocycles. The average molecular weight is 343 g/mol. The van der Waals surface area contributed by atoms with Gasteiger partial charge in [0.05, 0.1) is 5.69 Å². The molecule has 21 heavy (non-hydrogen) atoms. The summed E-state index contributed by atoms with van der Waals surface area (Å²) < 4.78 is 6.95. The summed E-state index contributed by atoms with van der Waals surface area (Å²) >= 11 is 3.46. The van der Waals surface area contributed by atoms with E-state index in [0.29, 0.717) is 19.0 Å². The molecule has 0 radical (unpaired) electrons. The minimum Gasteiger partial charge on any atom is -0.472 e. The van der Waals surface area contributed by atoms with Crippen molar-refractivity contribution >= 4 is 26.7 Å². The molecule has 0 aliphatic rings. The van der Waals surface area contributed by atoms with Gasteiger partial charge in [0.2, 0.25) is 5.88 Å². The maximum atomic E-state index is 5.92. The van der Waals surface area contributed by atoms with Gasteiger partial charge in [-0.15, -0.1) is 0 Å². The molecular weight excluding hydrogens is 328 g/mol. The molecule has 0 unspecified atom stereocenters. The van der Waals surface area contributed by atoms with Crippen molar-refractivity contribution in [2.45, 2.75) is 13.2 Å². The Morgan fingerprint density at radius 1 is 1.05 bits per heavy atom. The number of nitrogens with zero attached hydrogens (tertiary/aromatic N) is 1. The van der Waals surface area contributed by atoms with Crippen LogP contribution in [0.2, 0.25) is 0 Å². The number of rotatable bonds is 4. The van der Waals surface area contributed by atoms with Crippen molar-refractivity contribution in [1.82, 2.24) is 4.98 Å². The topological polar surface area (TPSA) is 48.1 Å². The monoisotopic (exact) mass is 342 g/mol. The molecule has 3 rings (SSSR count). The fourth-order valence-electron chi connectivity index (χ4n) is 2.21. The second-order valence-corrected chi connectivity index (χ2v) is 5.68. The molecule has 4 heteroatoms. The van der Waals surface area contributed by atoms with Crippen molar-refractivity contribution in [2.75, 3.05) is 0 Å². The van der Waals surface area contributed by atoms with Crippen molar-refractivity contribution in [3.05, 3.63) is 70.3 Å². The predicted molar refractivity (Wildman–Crippen MR) is 88.1 cm³/mol. The summed E-state index contributed by atoms with van der Waals surface area (Å²) in [4.78, 5) is 4.50. The first kappa shape index (κ1) is 14.0. The molecule has 2 N–H and O–H groups in total. The zero-order chi connectivity index (χ0) is 14.7. The molecule has 3 nitrogen and oxygen atoms in total. The number of fused-ring (bicyclic) bond motifs is 1. The molecule has 0 saturated carbocycles. The minimum absolute atomic E-state index is 0.401. The number of hydrogen-bond acceptors (Lipinski definition) is 3. The van der Waals surface area contributed by atoms with Crippen LogP contribution < -0.4 is 10.5 Å². The molecule has 0 atom stereocenters. The van der Waals surface area contributed by atoms with Crippen molar-refractivity contribution < 1.29 is 4.74 Å². The van der Waals surface area contributed by atoms with Crippen molar-refractivity contribution in [3.8, 4) is 5.88 Å². The van der Waals surface area contributed by atoms with Gasteiger partial charge in [-0.05, 0) is 35.2 Å². The van der Waals surface area contributed by atoms with Gasteiger partial charge in [-0.25, -0.2) is 4.98 Å². The van der Waals surface area contributed by atoms with Gasteiger partial charge in [0, 0.05) is 16.4 Å². The molecule has 0 saturated heterocycles. The third-order valence-corrected chi connectivity index (χ3v) is 3.73. The smallest absolute Gasteiger partial charge is 0.221 e. The second-order valence-electron chi connectivity index (χ2n) is 4.76. The highest BCUT2D eigenvalue weighted by atomic mass is 79.9. The summed E-state index contributed by atoms with van der Waals surface area (Å²) in [6.45, 7) is 0.878. The summed E-state index contributed by atoms with van der Waals surface area (Å²) in [6.07, 6.45) is 0. The van der Waals surface area contributed by atoms with E-state index in [1.807, 2.05) is 54.6 Å². The van der Waals surface area contributed by atoms with E-state index in [1.165, 1.54) is 0 Å². The lowest BCUT2D eigenvalue weighted by Crippen LogP contribution is -2.03. The molecule has 0 bridgehead atoms. The second kappa shape index (κ2) is 6.24. The molecule has 106 valence electrons. The highest BCUT2D eigenvalue weighted by molar-refractivity contribution is 9.10. The van der Waals surface area contributed by atoms with E-state index in [4.69, 9.17) is 10.5 Å². The number of benzene rings is 2. The summed E-state index contributed by atoms with van der Waals surface area (Å²) in [5.74, 6) is 0.633. The van der Waals surface area contributed by atoms with Crippen LogP contribution in [0.1, 0.15) is 11.3 Å². The Hall–Kier alpha value is -1.91. The lowest BCUT2D eigenvalue weighted by molar-refractivity contribution is 0.297. The van der Waals surface area contributed by atoms with E-state index < -0.39 is 0 Å². The molecule has 0 aliphatic carbocycles. The lowest BCUT2D eigenvalue weighted by atomic mass is 10.1. The Morgan fingerprint density at radius 3 is 2.71 bits per heavy atom. The van der Waals surface area contributed by atoms with Gasteiger partial charge in [-0.1, -0.05) is 46.3 Å². The summed E-state index contributed by atoms with van der Waals surface area (Å²) in [5, 5.41) is 2.10. The van der Waals surface area contributed by atoms with E-state index in [9.17, 15) is 0 Å². The van der Waals surface area contributed by atoms with Crippen molar-refractivity contribution in [1.29, 1.82) is 0 Å². The summed E-state index contributed by atoms with van der Waals surface area (Å²) in [6, 6.07) is 18.1. The van der Waals surface area contributed by atoms with Crippen LogP contribution in [0, 0.1) is 0 Å². The number of ether oxygens (including phenoxy) is 1. The average Bonchev–Trinajstić information content (AvgIpc) is 2.52. The number of halogens is 1. The third kappa shape index (κ3) is 3.23. The van der Waals surface area contributed by atoms with Crippen LogP contribution >= 0.6 is 15.9 Å². The first-order valence-corrected chi connectivity index (χ1v) is 7.51. The van der Waals surface area contributed by atoms with Crippen LogP contribution in [0.15, 0.2) is 59.1 Å². The van der Waals surface area contributed by atoms with E-state index >= 15 is 0 Å². The molecule has 2 aromatic carbocycles. The Kier molecular flexibility index (Phi) is 4.18. The SMILES string of the molecule is NCc1cc2ccccc2c(OCc2cccc(Br)c2)n1. The number of hydrogen-bond donors (Lipinski definition) is 1. The van der Waals surface area contributed by atoms with E-state index in [2.05, 4.69) is 20.9 Å². The maximum Gasteiger partial charge on any atom is 0.221 e. The van der Waals surface area contributed by atoms with E-state index in [-0.39, 0.29) is 0 Å². The van der Waals surface area contributed by atoms with Gasteiger partial charge >= 0.3 is 0 Å². The highest BCUT2D eigenvalue weighted by Gasteiger charge is 2.07. The van der Waals surface area contributed by atoms with Gasteiger partial charge in [0.25, 0.3) is 0 Å². The van der Waals surface area contributed by atoms with Gasteiger partial charge in [-0.2, -0.15) is 0 Å². The molecule has 0 spiro atoms. The largest absolute Gasteiger partial charge is 0.472 e. The maximum absolute atomic E-state index is 5.92. The van der Waals surface area contributed by atoms with Crippen LogP contribution in [0.25, 0.3) is 10.8 Å². The quantitative estimate of drug-likeness (QED) is 0.778. The molecule has 0 fully saturated rings. The number of aromatic nitrogens is 1. The van der Waals surface area contributed by atoms with Crippen LogP contribution in [-0.4, -0.2) is 4.98 Å². The van der Waals surface area contributed by atoms with Gasteiger partial charge in [-0.3, -0.25) is 0 Å². The minimum atomic E-state index is 0.401. The standard InChI is InChI=1S/C17H15BrN2O/c18-14-6-3-4-12(8-14)11-21-17-16-7-2-1-5-13(16)9-15(10-19)20-17/h1-9H,10-11,19H2. The van der Waals surface area contributed by atoms with Crippen LogP contribution in [0.4, 0.5) is 0 Å². The first-order chi connectivity index (χ1) is 10.3. The molecule has 1 heterocycles. The Bertz CT molecular complexity index is 774. The number of pyridine rings is 1. The highest BCUT2D eigenvalue weighted by Crippen LogP contribution is 2.25. The van der Waals surface area contributed by atoms with Crippen LogP contribution in [0.5, 0.6) is 5.88 Å². The zero-order valence-corrected chi connectivity index (χ0v) is 13.0. The predicted octanol–water partition coefficient (Wildman–Crippen LogP) is 4.04. The van der Waals surface area contributed by atoms with E-state index in [1.54, 1.807) is 0 Å². The molecule has 3 aromatic rings. The first-order valence-electron chi connectivity index (χ1n) is 6.72. The van der Waals surface area contributed by atoms with Crippen molar-refractivity contribution in [2.24, 2.45) is 5.73 Å². The molecule has 0 amide bonds. The Morgan fingerprint density at radius 2 is 1.90 bits per heavy atom. The van der Waals surface area contributed by atoms with Crippen molar-refractivity contribution in [3.63, 3.8) is 0 Å². The number of nitrogens with two attached hydrogens (primary N) is 1. The molecule has 1 aromatic heterocycles. The Balaban J connectivity index is 1.92. The normalized spacial score (nSPS) is 10.8. The van der Waals surface area contributed by atoms with Crippen LogP contribution in [0.3, 0.4) is 0 Å². The summed E-state index contributed by atoms with van der Waals surface area (Å²) in [7, 11) is 0. The van der Waals surface area contributed by atoms with Gasteiger partial charge in [0.1, 0.15) is 6.61 Å². The zero-order valence-electron chi connectivity index (χ0n) is 11.4. The third-order valence-electron chi connectivity index (χ3n) is 3.23. The van der Waals surface area contributed by atoms with E-state index in [0.717, 1.165) is 26.5 Å². The molecular formula is C17H15BrN2O. The fraction of sp³-hybridized carbons (Fsp3) is 0.118. The Labute approximate surface area is 131 Å². The fourth-order valence-corrected chi connectivity index (χ4v) is 2.66.